The average Bonchev–Trinajstić information content (AvgIpc) is 2.69. The largest absolute Gasteiger partial charge is 0.446 e. The number of carbonyl (C=O) groups excluding carboxylic acids is 4. The van der Waals surface area contributed by atoms with E-state index in [4.69, 9.17) is 9.47 Å². The second-order valence-electron chi connectivity index (χ2n) is 4.77. The first-order valence-corrected chi connectivity index (χ1v) is 7.14. The Morgan fingerprint density at radius 3 is 1.62 bits per heavy atom. The van der Waals surface area contributed by atoms with Gasteiger partial charge in [-0.25, -0.2) is 9.59 Å². The van der Waals surface area contributed by atoms with Gasteiger partial charge in [0.1, 0.15) is 0 Å². The highest BCUT2D eigenvalue weighted by Gasteiger charge is 2.50. The lowest BCUT2D eigenvalue weighted by Crippen LogP contribution is -2.37. The fourth-order valence-electron chi connectivity index (χ4n) is 1.73. The maximum absolute atomic E-state index is 11.5. The Kier molecular flexibility index (Phi) is 6.84. The van der Waals surface area contributed by atoms with Gasteiger partial charge >= 0.3 is 23.9 Å². The van der Waals surface area contributed by atoms with Crippen molar-refractivity contribution in [1.82, 2.24) is 0 Å². The van der Waals surface area contributed by atoms with Crippen molar-refractivity contribution in [3.05, 3.63) is 0 Å². The standard InChI is InChI=1S/C14H20O7/c1-3-5-7-9(15)19-11-12(14(18)21-13(11)17)20-10(16)8-6-4-2/h11-12H,3-8H2,1-2H3. The molecule has 1 aliphatic rings. The zero-order chi connectivity index (χ0) is 15.8. The van der Waals surface area contributed by atoms with Crippen LogP contribution in [-0.2, 0) is 33.4 Å². The molecular weight excluding hydrogens is 280 g/mol. The predicted molar refractivity (Wildman–Crippen MR) is 69.9 cm³/mol. The third kappa shape index (κ3) is 5.17. The summed E-state index contributed by atoms with van der Waals surface area (Å²) in [6, 6.07) is 0. The van der Waals surface area contributed by atoms with Gasteiger partial charge in [-0.2, -0.15) is 0 Å². The fraction of sp³-hybridized carbons (Fsp3) is 0.714. The van der Waals surface area contributed by atoms with E-state index >= 15 is 0 Å². The summed E-state index contributed by atoms with van der Waals surface area (Å²) in [6.07, 6.45) is 0.0674. The molecule has 118 valence electrons. The number of hydrogen-bond donors (Lipinski definition) is 0. The van der Waals surface area contributed by atoms with Gasteiger partial charge in [-0.15, -0.1) is 0 Å². The summed E-state index contributed by atoms with van der Waals surface area (Å²) in [4.78, 5) is 46.0. The van der Waals surface area contributed by atoms with Crippen LogP contribution in [0, 0.1) is 0 Å². The number of cyclic esters (lactones) is 2. The SMILES string of the molecule is CCCCC(=O)OC1C(=O)OC(=O)C1OC(=O)CCCC. The summed E-state index contributed by atoms with van der Waals surface area (Å²) in [5, 5.41) is 0. The molecule has 1 aliphatic heterocycles. The molecule has 7 heteroatoms. The summed E-state index contributed by atoms with van der Waals surface area (Å²) < 4.78 is 14.2. The van der Waals surface area contributed by atoms with Crippen LogP contribution in [0.4, 0.5) is 0 Å². The molecular formula is C14H20O7. The highest BCUT2D eigenvalue weighted by atomic mass is 16.7. The fourth-order valence-corrected chi connectivity index (χ4v) is 1.73. The quantitative estimate of drug-likeness (QED) is 0.378. The van der Waals surface area contributed by atoms with E-state index in [9.17, 15) is 19.2 Å². The highest BCUT2D eigenvalue weighted by molar-refractivity contribution is 6.01. The Morgan fingerprint density at radius 1 is 0.905 bits per heavy atom. The topological polar surface area (TPSA) is 96.0 Å². The van der Waals surface area contributed by atoms with Gasteiger partial charge in [0.2, 0.25) is 12.2 Å². The molecule has 0 radical (unpaired) electrons. The summed E-state index contributed by atoms with van der Waals surface area (Å²) >= 11 is 0. The molecule has 7 nitrogen and oxygen atoms in total. The first kappa shape index (κ1) is 17.1. The smallest absolute Gasteiger partial charge is 0.359 e. The van der Waals surface area contributed by atoms with Crippen LogP contribution in [0.15, 0.2) is 0 Å². The number of rotatable bonds is 8. The molecule has 1 fully saturated rings. The molecule has 0 spiro atoms. The first-order valence-electron chi connectivity index (χ1n) is 7.14. The molecule has 0 bridgehead atoms. The third-order valence-electron chi connectivity index (χ3n) is 2.93. The van der Waals surface area contributed by atoms with Crippen LogP contribution in [0.25, 0.3) is 0 Å². The molecule has 1 heterocycles. The van der Waals surface area contributed by atoms with Gasteiger partial charge in [-0.1, -0.05) is 26.7 Å². The number of carbonyl (C=O) groups is 4. The van der Waals surface area contributed by atoms with Crippen molar-refractivity contribution in [3.63, 3.8) is 0 Å². The van der Waals surface area contributed by atoms with Crippen molar-refractivity contribution in [2.45, 2.75) is 64.6 Å². The van der Waals surface area contributed by atoms with Crippen LogP contribution in [0.5, 0.6) is 0 Å². The molecule has 0 N–H and O–H groups in total. The van der Waals surface area contributed by atoms with Crippen molar-refractivity contribution in [1.29, 1.82) is 0 Å². The van der Waals surface area contributed by atoms with E-state index in [1.54, 1.807) is 0 Å². The Bertz CT molecular complexity index is 378. The zero-order valence-corrected chi connectivity index (χ0v) is 12.3. The zero-order valence-electron chi connectivity index (χ0n) is 12.3. The molecule has 0 aromatic rings. The highest BCUT2D eigenvalue weighted by Crippen LogP contribution is 2.19. The second kappa shape index (κ2) is 8.39. The van der Waals surface area contributed by atoms with E-state index in [0.717, 1.165) is 12.8 Å². The Labute approximate surface area is 122 Å². The molecule has 0 aromatic heterocycles. The van der Waals surface area contributed by atoms with Crippen molar-refractivity contribution >= 4 is 23.9 Å². The normalized spacial score (nSPS) is 21.0. The number of unbranched alkanes of at least 4 members (excludes halogenated alkanes) is 2. The van der Waals surface area contributed by atoms with E-state index < -0.39 is 36.1 Å². The number of ether oxygens (including phenoxy) is 3. The summed E-state index contributed by atoms with van der Waals surface area (Å²) in [5.74, 6) is -3.25. The summed E-state index contributed by atoms with van der Waals surface area (Å²) in [5.41, 5.74) is 0. The van der Waals surface area contributed by atoms with Gasteiger partial charge in [-0.05, 0) is 12.8 Å². The van der Waals surface area contributed by atoms with Gasteiger partial charge in [-0.3, -0.25) is 9.59 Å². The monoisotopic (exact) mass is 300 g/mol. The van der Waals surface area contributed by atoms with Crippen LogP contribution in [0.2, 0.25) is 0 Å². The molecule has 0 amide bonds. The van der Waals surface area contributed by atoms with E-state index in [1.807, 2.05) is 13.8 Å². The van der Waals surface area contributed by atoms with Gasteiger partial charge in [0.15, 0.2) is 0 Å². The lowest BCUT2D eigenvalue weighted by molar-refractivity contribution is -0.169. The molecule has 0 aromatic carbocycles. The molecule has 0 aliphatic carbocycles. The second-order valence-corrected chi connectivity index (χ2v) is 4.77. The van der Waals surface area contributed by atoms with Crippen LogP contribution in [0.3, 0.4) is 0 Å². The van der Waals surface area contributed by atoms with E-state index in [-0.39, 0.29) is 12.8 Å². The van der Waals surface area contributed by atoms with E-state index in [0.29, 0.717) is 12.8 Å². The Hall–Kier alpha value is -1.92. The van der Waals surface area contributed by atoms with Crippen LogP contribution < -0.4 is 0 Å². The molecule has 2 unspecified atom stereocenters. The van der Waals surface area contributed by atoms with Crippen LogP contribution in [0.1, 0.15) is 52.4 Å². The molecule has 21 heavy (non-hydrogen) atoms. The Morgan fingerprint density at radius 2 is 1.29 bits per heavy atom. The van der Waals surface area contributed by atoms with E-state index in [2.05, 4.69) is 4.74 Å². The van der Waals surface area contributed by atoms with Crippen LogP contribution in [-0.4, -0.2) is 36.1 Å². The minimum absolute atomic E-state index is 0.130. The predicted octanol–water partition coefficient (Wildman–Crippen LogP) is 1.27. The summed E-state index contributed by atoms with van der Waals surface area (Å²) in [7, 11) is 0. The van der Waals surface area contributed by atoms with Gasteiger partial charge in [0, 0.05) is 12.8 Å². The maximum atomic E-state index is 11.5. The van der Waals surface area contributed by atoms with Gasteiger partial charge < -0.3 is 14.2 Å². The molecule has 0 saturated carbocycles. The molecule has 2 atom stereocenters. The average molecular weight is 300 g/mol. The lowest BCUT2D eigenvalue weighted by Gasteiger charge is -2.15. The third-order valence-corrected chi connectivity index (χ3v) is 2.93. The summed E-state index contributed by atoms with van der Waals surface area (Å²) in [6.45, 7) is 3.80. The number of esters is 4. The maximum Gasteiger partial charge on any atom is 0.359 e. The van der Waals surface area contributed by atoms with Crippen molar-refractivity contribution < 1.29 is 33.4 Å². The minimum atomic E-state index is -1.49. The number of hydrogen-bond acceptors (Lipinski definition) is 7. The van der Waals surface area contributed by atoms with Crippen LogP contribution >= 0.6 is 0 Å². The van der Waals surface area contributed by atoms with Gasteiger partial charge in [0.05, 0.1) is 0 Å². The van der Waals surface area contributed by atoms with Crippen molar-refractivity contribution in [3.8, 4) is 0 Å². The lowest BCUT2D eigenvalue weighted by atomic mass is 10.2. The van der Waals surface area contributed by atoms with Crippen molar-refractivity contribution in [2.24, 2.45) is 0 Å². The minimum Gasteiger partial charge on any atom is -0.446 e. The van der Waals surface area contributed by atoms with E-state index in [1.165, 1.54) is 0 Å². The molecule has 1 rings (SSSR count). The van der Waals surface area contributed by atoms with Gasteiger partial charge in [0.25, 0.3) is 0 Å². The molecule has 1 saturated heterocycles. The van der Waals surface area contributed by atoms with Crippen molar-refractivity contribution in [2.75, 3.05) is 0 Å². The Balaban J connectivity index is 2.61. The first-order chi connectivity index (χ1) is 9.99.